The Morgan fingerprint density at radius 1 is 1.08 bits per heavy atom. The quantitative estimate of drug-likeness (QED) is 0.582. The smallest absolute Gasteiger partial charge is 0.314 e. The van der Waals surface area contributed by atoms with Gasteiger partial charge in [-0.15, -0.1) is 0 Å². The van der Waals surface area contributed by atoms with E-state index >= 15 is 0 Å². The maximum atomic E-state index is 11.6. The van der Waals surface area contributed by atoms with Gasteiger partial charge in [0, 0.05) is 51.4 Å². The predicted octanol–water partition coefficient (Wildman–Crippen LogP) is 1.67. The van der Waals surface area contributed by atoms with Gasteiger partial charge in [-0.2, -0.15) is 0 Å². The molecular formula is C19H30N4O3. The van der Waals surface area contributed by atoms with Crippen LogP contribution in [0.15, 0.2) is 24.3 Å². The number of aryl methyl sites for hydroxylation is 1. The fourth-order valence-electron chi connectivity index (χ4n) is 3.06. The lowest BCUT2D eigenvalue weighted by Gasteiger charge is -2.36. The molecule has 1 aromatic rings. The topological polar surface area (TPSA) is 84.9 Å². The molecule has 0 saturated carbocycles. The fourth-order valence-corrected chi connectivity index (χ4v) is 3.06. The highest BCUT2D eigenvalue weighted by Gasteiger charge is 2.16. The zero-order valence-corrected chi connectivity index (χ0v) is 15.5. The number of nitrogens with one attached hydrogen (secondary N) is 2. The maximum absolute atomic E-state index is 11.6. The molecule has 1 aliphatic rings. The molecule has 2 amide bonds. The van der Waals surface area contributed by atoms with Crippen molar-refractivity contribution >= 4 is 17.7 Å². The highest BCUT2D eigenvalue weighted by atomic mass is 16.4. The van der Waals surface area contributed by atoms with E-state index in [4.69, 9.17) is 5.11 Å². The van der Waals surface area contributed by atoms with Crippen LogP contribution < -0.4 is 15.5 Å². The van der Waals surface area contributed by atoms with Gasteiger partial charge in [0.25, 0.3) is 0 Å². The Morgan fingerprint density at radius 3 is 2.42 bits per heavy atom. The Balaban J connectivity index is 1.53. The van der Waals surface area contributed by atoms with Crippen molar-refractivity contribution in [2.75, 3.05) is 50.7 Å². The summed E-state index contributed by atoms with van der Waals surface area (Å²) < 4.78 is 0. The summed E-state index contributed by atoms with van der Waals surface area (Å²) in [6, 6.07) is 8.40. The van der Waals surface area contributed by atoms with Gasteiger partial charge in [0.05, 0.1) is 0 Å². The fraction of sp³-hybridized carbons (Fsp3) is 0.579. The number of hydrogen-bond acceptors (Lipinski definition) is 4. The van der Waals surface area contributed by atoms with Crippen molar-refractivity contribution in [3.8, 4) is 0 Å². The van der Waals surface area contributed by atoms with Crippen LogP contribution in [0, 0.1) is 6.92 Å². The van der Waals surface area contributed by atoms with E-state index in [0.717, 1.165) is 39.1 Å². The summed E-state index contributed by atoms with van der Waals surface area (Å²) >= 11 is 0. The van der Waals surface area contributed by atoms with Crippen molar-refractivity contribution < 1.29 is 14.7 Å². The standard InChI is InChI=1S/C19H30N4O3/c1-16-5-2-6-17(15-16)23-13-11-22(12-14-23)10-4-9-21-19(26)20-8-3-7-18(24)25/h2,5-6,15H,3-4,7-14H2,1H3,(H,24,25)(H2,20,21,26). The van der Waals surface area contributed by atoms with Crippen molar-refractivity contribution in [2.24, 2.45) is 0 Å². The van der Waals surface area contributed by atoms with Crippen molar-refractivity contribution in [3.63, 3.8) is 0 Å². The second-order valence-corrected chi connectivity index (χ2v) is 6.70. The number of amides is 2. The van der Waals surface area contributed by atoms with Crippen LogP contribution in [0.25, 0.3) is 0 Å². The number of aliphatic carboxylic acids is 1. The molecule has 1 aromatic carbocycles. The monoisotopic (exact) mass is 362 g/mol. The van der Waals surface area contributed by atoms with E-state index in [2.05, 4.69) is 51.6 Å². The molecule has 144 valence electrons. The molecule has 0 aromatic heterocycles. The number of anilines is 1. The molecule has 3 N–H and O–H groups in total. The highest BCUT2D eigenvalue weighted by molar-refractivity contribution is 5.73. The Labute approximate surface area is 155 Å². The Kier molecular flexibility index (Phi) is 8.21. The number of carboxylic acids is 1. The number of rotatable bonds is 9. The molecule has 2 rings (SSSR count). The molecule has 26 heavy (non-hydrogen) atoms. The molecule has 1 fully saturated rings. The van der Waals surface area contributed by atoms with Crippen LogP contribution in [0.2, 0.25) is 0 Å². The van der Waals surface area contributed by atoms with Gasteiger partial charge in [0.1, 0.15) is 0 Å². The molecule has 0 spiro atoms. The summed E-state index contributed by atoms with van der Waals surface area (Å²) in [6.07, 6.45) is 1.44. The molecule has 7 nitrogen and oxygen atoms in total. The number of piperazine rings is 1. The van der Waals surface area contributed by atoms with Gasteiger partial charge < -0.3 is 20.6 Å². The lowest BCUT2D eigenvalue weighted by atomic mass is 10.2. The van der Waals surface area contributed by atoms with Crippen molar-refractivity contribution in [1.29, 1.82) is 0 Å². The number of urea groups is 1. The SMILES string of the molecule is Cc1cccc(N2CCN(CCCNC(=O)NCCCC(=O)O)CC2)c1. The molecule has 0 bridgehead atoms. The van der Waals surface area contributed by atoms with Gasteiger partial charge in [0.2, 0.25) is 0 Å². The number of benzene rings is 1. The van der Waals surface area contributed by atoms with Crippen LogP contribution in [-0.2, 0) is 4.79 Å². The first-order valence-corrected chi connectivity index (χ1v) is 9.32. The first-order chi connectivity index (χ1) is 12.5. The van der Waals surface area contributed by atoms with Crippen LogP contribution in [-0.4, -0.2) is 67.8 Å². The maximum Gasteiger partial charge on any atom is 0.314 e. The largest absolute Gasteiger partial charge is 0.481 e. The van der Waals surface area contributed by atoms with E-state index in [1.165, 1.54) is 11.3 Å². The number of carbonyl (C=O) groups is 2. The number of nitrogens with zero attached hydrogens (tertiary/aromatic N) is 2. The molecule has 0 aliphatic carbocycles. The zero-order valence-electron chi connectivity index (χ0n) is 15.5. The van der Waals surface area contributed by atoms with Gasteiger partial charge >= 0.3 is 12.0 Å². The Morgan fingerprint density at radius 2 is 1.77 bits per heavy atom. The molecular weight excluding hydrogens is 332 g/mol. The van der Waals surface area contributed by atoms with Crippen LogP contribution in [0.3, 0.4) is 0 Å². The minimum absolute atomic E-state index is 0.0782. The molecule has 1 saturated heterocycles. The molecule has 7 heteroatoms. The third-order valence-corrected chi connectivity index (χ3v) is 4.53. The third kappa shape index (κ3) is 7.31. The van der Waals surface area contributed by atoms with Gasteiger partial charge in [-0.05, 0) is 44.0 Å². The lowest BCUT2D eigenvalue weighted by molar-refractivity contribution is -0.137. The van der Waals surface area contributed by atoms with Crippen LogP contribution in [0.4, 0.5) is 10.5 Å². The molecule has 0 radical (unpaired) electrons. The first-order valence-electron chi connectivity index (χ1n) is 9.32. The summed E-state index contributed by atoms with van der Waals surface area (Å²) in [5.41, 5.74) is 2.59. The van der Waals surface area contributed by atoms with Crippen molar-refractivity contribution in [2.45, 2.75) is 26.2 Å². The summed E-state index contributed by atoms with van der Waals surface area (Å²) in [4.78, 5) is 26.8. The van der Waals surface area contributed by atoms with E-state index in [1.807, 2.05) is 0 Å². The van der Waals surface area contributed by atoms with Gasteiger partial charge in [-0.3, -0.25) is 9.69 Å². The van der Waals surface area contributed by atoms with E-state index in [9.17, 15) is 9.59 Å². The molecule has 0 atom stereocenters. The summed E-state index contributed by atoms with van der Waals surface area (Å²) in [5.74, 6) is -0.838. The van der Waals surface area contributed by atoms with Gasteiger partial charge in [-0.1, -0.05) is 12.1 Å². The van der Waals surface area contributed by atoms with Gasteiger partial charge in [0.15, 0.2) is 0 Å². The van der Waals surface area contributed by atoms with Crippen LogP contribution in [0.5, 0.6) is 0 Å². The predicted molar refractivity (Wildman–Crippen MR) is 103 cm³/mol. The first kappa shape index (κ1) is 20.0. The summed E-state index contributed by atoms with van der Waals surface area (Å²) in [6.45, 7) is 8.24. The second kappa shape index (κ2) is 10.7. The molecule has 1 aliphatic heterocycles. The average Bonchev–Trinajstić information content (AvgIpc) is 2.63. The highest BCUT2D eigenvalue weighted by Crippen LogP contribution is 2.17. The molecule has 0 unspecified atom stereocenters. The number of carbonyl (C=O) groups excluding carboxylic acids is 1. The zero-order chi connectivity index (χ0) is 18.8. The van der Waals surface area contributed by atoms with Gasteiger partial charge in [-0.25, -0.2) is 4.79 Å². The van der Waals surface area contributed by atoms with E-state index in [0.29, 0.717) is 19.5 Å². The number of carboxylic acid groups (broad SMARTS) is 1. The van der Waals surface area contributed by atoms with E-state index < -0.39 is 5.97 Å². The van der Waals surface area contributed by atoms with Crippen LogP contribution in [0.1, 0.15) is 24.8 Å². The Hall–Kier alpha value is -2.28. The second-order valence-electron chi connectivity index (χ2n) is 6.70. The summed E-state index contributed by atoms with van der Waals surface area (Å²) in [7, 11) is 0. The minimum atomic E-state index is -0.838. The van der Waals surface area contributed by atoms with E-state index in [-0.39, 0.29) is 12.5 Å². The lowest BCUT2D eigenvalue weighted by Crippen LogP contribution is -2.47. The third-order valence-electron chi connectivity index (χ3n) is 4.53. The van der Waals surface area contributed by atoms with Crippen molar-refractivity contribution in [3.05, 3.63) is 29.8 Å². The normalized spacial score (nSPS) is 14.9. The van der Waals surface area contributed by atoms with Crippen LogP contribution >= 0.6 is 0 Å². The average molecular weight is 362 g/mol. The minimum Gasteiger partial charge on any atom is -0.481 e. The summed E-state index contributed by atoms with van der Waals surface area (Å²) in [5, 5.41) is 14.0. The van der Waals surface area contributed by atoms with E-state index in [1.54, 1.807) is 0 Å². The number of hydrogen-bond donors (Lipinski definition) is 3. The molecule has 1 heterocycles. The van der Waals surface area contributed by atoms with Crippen molar-refractivity contribution in [1.82, 2.24) is 15.5 Å². The Bertz CT molecular complexity index is 586.